The van der Waals surface area contributed by atoms with Gasteiger partial charge in [0.2, 0.25) is 5.91 Å². The molecule has 2 N–H and O–H groups in total. The van der Waals surface area contributed by atoms with E-state index in [1.54, 1.807) is 19.9 Å². The lowest BCUT2D eigenvalue weighted by Crippen LogP contribution is -2.51. The van der Waals surface area contributed by atoms with Crippen LogP contribution in [0.1, 0.15) is 19.4 Å². The van der Waals surface area contributed by atoms with E-state index in [-0.39, 0.29) is 11.3 Å². The van der Waals surface area contributed by atoms with Gasteiger partial charge < -0.3 is 20.1 Å². The fraction of sp³-hybridized carbons (Fsp3) is 0.471. The summed E-state index contributed by atoms with van der Waals surface area (Å²) in [5.74, 6) is -2.78. The summed E-state index contributed by atoms with van der Waals surface area (Å²) in [6.45, 7) is -0.431. The Morgan fingerprint density at radius 3 is 2.48 bits per heavy atom. The van der Waals surface area contributed by atoms with Crippen LogP contribution in [0.15, 0.2) is 24.3 Å². The van der Waals surface area contributed by atoms with Gasteiger partial charge in [-0.2, -0.15) is 14.0 Å². The SMILES string of the molecule is CC(C)OC(=O)N[C@@H](CS(=O)(=O)Cc1ccccc1OC(F)F)C(=O)NCC#N. The van der Waals surface area contributed by atoms with Gasteiger partial charge >= 0.3 is 12.7 Å². The molecule has 0 fully saturated rings. The Labute approximate surface area is 166 Å². The van der Waals surface area contributed by atoms with E-state index < -0.39 is 58.6 Å². The number of benzene rings is 1. The number of hydrogen-bond acceptors (Lipinski definition) is 7. The highest BCUT2D eigenvalue weighted by Crippen LogP contribution is 2.23. The first-order valence-corrected chi connectivity index (χ1v) is 10.2. The molecule has 1 aromatic carbocycles. The second kappa shape index (κ2) is 11.2. The Hall–Kier alpha value is -2.94. The second-order valence-corrected chi connectivity index (χ2v) is 8.18. The normalized spacial score (nSPS) is 12.2. The fourth-order valence-electron chi connectivity index (χ4n) is 2.21. The van der Waals surface area contributed by atoms with Crippen LogP contribution in [0.4, 0.5) is 13.6 Å². The van der Waals surface area contributed by atoms with Gasteiger partial charge in [-0.25, -0.2) is 13.2 Å². The maximum atomic E-state index is 12.6. The first kappa shape index (κ1) is 24.1. The lowest BCUT2D eigenvalue weighted by molar-refractivity contribution is -0.122. The number of nitriles is 1. The van der Waals surface area contributed by atoms with Crippen molar-refractivity contribution in [3.63, 3.8) is 0 Å². The molecular formula is C17H21F2N3O6S. The lowest BCUT2D eigenvalue weighted by atomic mass is 10.2. The van der Waals surface area contributed by atoms with Crippen LogP contribution in [0, 0.1) is 11.3 Å². The average Bonchev–Trinajstić information content (AvgIpc) is 2.59. The molecule has 1 atom stereocenters. The van der Waals surface area contributed by atoms with Crippen LogP contribution in [0.3, 0.4) is 0 Å². The summed E-state index contributed by atoms with van der Waals surface area (Å²) in [6.07, 6.45) is -1.54. The maximum Gasteiger partial charge on any atom is 0.408 e. The summed E-state index contributed by atoms with van der Waals surface area (Å²) in [7, 11) is -4.08. The molecule has 9 nitrogen and oxygen atoms in total. The van der Waals surface area contributed by atoms with Crippen molar-refractivity contribution in [2.75, 3.05) is 12.3 Å². The Bertz CT molecular complexity index is 855. The number of alkyl halides is 2. The molecule has 0 aliphatic rings. The first-order chi connectivity index (χ1) is 13.5. The number of alkyl carbamates (subject to hydrolysis) is 1. The van der Waals surface area contributed by atoms with Crippen LogP contribution in [-0.4, -0.2) is 51.5 Å². The fourth-order valence-corrected chi connectivity index (χ4v) is 3.78. The molecule has 0 bridgehead atoms. The smallest absolute Gasteiger partial charge is 0.408 e. The van der Waals surface area contributed by atoms with E-state index in [0.717, 1.165) is 0 Å². The zero-order valence-corrected chi connectivity index (χ0v) is 16.5. The molecule has 160 valence electrons. The highest BCUT2D eigenvalue weighted by atomic mass is 32.2. The quantitative estimate of drug-likeness (QED) is 0.532. The average molecular weight is 433 g/mol. The van der Waals surface area contributed by atoms with Gasteiger partial charge in [0, 0.05) is 5.56 Å². The predicted octanol–water partition coefficient (Wildman–Crippen LogP) is 1.35. The molecule has 0 saturated carbocycles. The largest absolute Gasteiger partial charge is 0.447 e. The zero-order chi connectivity index (χ0) is 22.0. The molecule has 0 aliphatic heterocycles. The van der Waals surface area contributed by atoms with Crippen molar-refractivity contribution < 1.29 is 36.3 Å². The molecule has 0 radical (unpaired) electrons. The molecule has 1 aromatic rings. The van der Waals surface area contributed by atoms with Gasteiger partial charge in [-0.15, -0.1) is 0 Å². The van der Waals surface area contributed by atoms with Gasteiger partial charge in [0.1, 0.15) is 18.3 Å². The molecule has 0 spiro atoms. The van der Waals surface area contributed by atoms with Gasteiger partial charge in [-0.1, -0.05) is 18.2 Å². The number of hydrogen-bond donors (Lipinski definition) is 2. The molecule has 0 unspecified atom stereocenters. The van der Waals surface area contributed by atoms with Crippen molar-refractivity contribution >= 4 is 21.8 Å². The van der Waals surface area contributed by atoms with E-state index in [9.17, 15) is 26.8 Å². The Balaban J connectivity index is 2.99. The van der Waals surface area contributed by atoms with Crippen molar-refractivity contribution in [3.8, 4) is 11.8 Å². The number of amides is 2. The van der Waals surface area contributed by atoms with Gasteiger partial charge in [-0.3, -0.25) is 4.79 Å². The molecule has 2 amide bonds. The minimum Gasteiger partial charge on any atom is -0.447 e. The van der Waals surface area contributed by atoms with E-state index in [2.05, 4.69) is 15.4 Å². The zero-order valence-electron chi connectivity index (χ0n) is 15.7. The molecular weight excluding hydrogens is 412 g/mol. The number of nitrogens with one attached hydrogen (secondary N) is 2. The van der Waals surface area contributed by atoms with Crippen LogP contribution in [0.2, 0.25) is 0 Å². The summed E-state index contributed by atoms with van der Waals surface area (Å²) in [4.78, 5) is 23.9. The Kier molecular flexibility index (Phi) is 9.27. The van der Waals surface area contributed by atoms with E-state index in [4.69, 9.17) is 10.00 Å². The third-order valence-electron chi connectivity index (χ3n) is 3.28. The summed E-state index contributed by atoms with van der Waals surface area (Å²) < 4.78 is 59.2. The highest BCUT2D eigenvalue weighted by Gasteiger charge is 2.29. The standard InChI is InChI=1S/C17H21F2N3O6S/c1-11(2)27-17(24)22-13(15(23)21-8-7-20)10-29(25,26)9-12-5-3-4-6-14(12)28-16(18)19/h3-6,11,13,16H,8-10H2,1-2H3,(H,21,23)(H,22,24)/t13-/m0/s1. The number of carbonyl (C=O) groups excluding carboxylic acids is 2. The number of halogens is 2. The summed E-state index contributed by atoms with van der Waals surface area (Å²) in [5.41, 5.74) is -0.0336. The second-order valence-electron chi connectivity index (χ2n) is 6.07. The third-order valence-corrected chi connectivity index (χ3v) is 4.87. The van der Waals surface area contributed by atoms with Crippen molar-refractivity contribution in [1.29, 1.82) is 5.26 Å². The van der Waals surface area contributed by atoms with Gasteiger partial charge in [0.25, 0.3) is 0 Å². The summed E-state index contributed by atoms with van der Waals surface area (Å²) in [5, 5.41) is 12.8. The maximum absolute atomic E-state index is 12.6. The number of carbonyl (C=O) groups is 2. The molecule has 1 rings (SSSR count). The van der Waals surface area contributed by atoms with Crippen LogP contribution in [0.25, 0.3) is 0 Å². The number of ether oxygens (including phenoxy) is 2. The Morgan fingerprint density at radius 1 is 1.24 bits per heavy atom. The molecule has 29 heavy (non-hydrogen) atoms. The van der Waals surface area contributed by atoms with Crippen molar-refractivity contribution in [3.05, 3.63) is 29.8 Å². The molecule has 0 heterocycles. The van der Waals surface area contributed by atoms with Crippen molar-refractivity contribution in [2.45, 2.75) is 38.4 Å². The van der Waals surface area contributed by atoms with Crippen LogP contribution in [-0.2, 0) is 25.1 Å². The van der Waals surface area contributed by atoms with E-state index in [1.807, 2.05) is 0 Å². The number of rotatable bonds is 10. The number of para-hydroxylation sites is 1. The molecule has 12 heteroatoms. The molecule has 0 aliphatic carbocycles. The topological polar surface area (TPSA) is 135 Å². The molecule has 0 aromatic heterocycles. The lowest BCUT2D eigenvalue weighted by Gasteiger charge is -2.19. The predicted molar refractivity (Wildman–Crippen MR) is 97.7 cm³/mol. The monoisotopic (exact) mass is 433 g/mol. The van der Waals surface area contributed by atoms with Crippen molar-refractivity contribution in [1.82, 2.24) is 10.6 Å². The third kappa shape index (κ3) is 9.20. The summed E-state index contributed by atoms with van der Waals surface area (Å²) >= 11 is 0. The van der Waals surface area contributed by atoms with Gasteiger partial charge in [-0.05, 0) is 19.9 Å². The van der Waals surface area contributed by atoms with Crippen molar-refractivity contribution in [2.24, 2.45) is 0 Å². The van der Waals surface area contributed by atoms with Gasteiger partial charge in [0.15, 0.2) is 9.84 Å². The van der Waals surface area contributed by atoms with Crippen LogP contribution in [0.5, 0.6) is 5.75 Å². The van der Waals surface area contributed by atoms with E-state index in [1.165, 1.54) is 24.3 Å². The minimum absolute atomic E-state index is 0.0336. The molecule has 0 saturated heterocycles. The summed E-state index contributed by atoms with van der Waals surface area (Å²) in [6, 6.07) is 5.42. The van der Waals surface area contributed by atoms with Crippen LogP contribution >= 0.6 is 0 Å². The number of nitrogens with zero attached hydrogens (tertiary/aromatic N) is 1. The highest BCUT2D eigenvalue weighted by molar-refractivity contribution is 7.90. The van der Waals surface area contributed by atoms with Crippen LogP contribution < -0.4 is 15.4 Å². The van der Waals surface area contributed by atoms with E-state index >= 15 is 0 Å². The van der Waals surface area contributed by atoms with E-state index in [0.29, 0.717) is 0 Å². The van der Waals surface area contributed by atoms with Gasteiger partial charge in [0.05, 0.1) is 23.7 Å². The minimum atomic E-state index is -4.08. The Morgan fingerprint density at radius 2 is 1.90 bits per heavy atom. The number of sulfone groups is 1. The first-order valence-electron chi connectivity index (χ1n) is 8.39.